The van der Waals surface area contributed by atoms with Gasteiger partial charge >= 0.3 is 0 Å². The maximum Gasteiger partial charge on any atom is 0.158 e. The normalized spacial score (nSPS) is 29.3. The predicted molar refractivity (Wildman–Crippen MR) is 56.8 cm³/mol. The third-order valence-electron chi connectivity index (χ3n) is 2.80. The molecular formula is C10H18O3S. The largest absolute Gasteiger partial charge is 0.502 e. The van der Waals surface area contributed by atoms with Crippen molar-refractivity contribution in [2.75, 3.05) is 12.4 Å². The molecule has 4 heteroatoms. The van der Waals surface area contributed by atoms with Gasteiger partial charge in [0.15, 0.2) is 9.84 Å². The van der Waals surface area contributed by atoms with Gasteiger partial charge in [-0.3, -0.25) is 0 Å². The van der Waals surface area contributed by atoms with E-state index < -0.39 is 14.6 Å². The van der Waals surface area contributed by atoms with E-state index in [-0.39, 0.29) is 0 Å². The Morgan fingerprint density at radius 1 is 1.50 bits per heavy atom. The topological polar surface area (TPSA) is 43.4 Å². The molecule has 0 aromatic rings. The summed E-state index contributed by atoms with van der Waals surface area (Å²) in [7, 11) is -2.74. The molecule has 0 amide bonds. The molecule has 1 aliphatic rings. The van der Waals surface area contributed by atoms with Crippen LogP contribution in [0.2, 0.25) is 0 Å². The van der Waals surface area contributed by atoms with E-state index in [0.29, 0.717) is 12.4 Å². The minimum Gasteiger partial charge on any atom is -0.502 e. The second-order valence-electron chi connectivity index (χ2n) is 3.74. The number of hydrogen-bond donors (Lipinski definition) is 0. The first-order valence-corrected chi connectivity index (χ1v) is 6.68. The van der Waals surface area contributed by atoms with E-state index >= 15 is 0 Å². The van der Waals surface area contributed by atoms with Crippen LogP contribution in [-0.2, 0) is 14.6 Å². The third-order valence-corrected chi connectivity index (χ3v) is 5.34. The molecule has 1 fully saturated rings. The van der Waals surface area contributed by atoms with Crippen molar-refractivity contribution in [1.29, 1.82) is 0 Å². The van der Waals surface area contributed by atoms with Crippen LogP contribution in [0.15, 0.2) is 12.3 Å². The highest BCUT2D eigenvalue weighted by Crippen LogP contribution is 2.43. The van der Waals surface area contributed by atoms with Crippen molar-refractivity contribution < 1.29 is 13.2 Å². The summed E-state index contributed by atoms with van der Waals surface area (Å²) in [6.45, 7) is 4.44. The average Bonchev–Trinajstić information content (AvgIpc) is 2.69. The lowest BCUT2D eigenvalue weighted by atomic mass is 10.0. The molecule has 82 valence electrons. The summed E-state index contributed by atoms with van der Waals surface area (Å²) in [6, 6.07) is 0. The number of sulfone groups is 1. The monoisotopic (exact) mass is 218 g/mol. The lowest BCUT2D eigenvalue weighted by molar-refractivity contribution is 0.238. The fraction of sp³-hybridized carbons (Fsp3) is 0.800. The minimum atomic E-state index is -2.74. The van der Waals surface area contributed by atoms with Crippen LogP contribution in [0, 0.1) is 0 Å². The molecule has 1 heterocycles. The zero-order chi connectivity index (χ0) is 10.7. The molecule has 0 N–H and O–H groups in total. The molecule has 0 spiro atoms. The standard InChI is InChI=1S/C10H18O3S/c1-3-7-13-8-5-6-10(4-2)9-14(10,11)12/h3,7H,4-6,8-9H2,1-2H3/b7-3+. The number of hydrogen-bond acceptors (Lipinski definition) is 3. The third kappa shape index (κ3) is 2.29. The molecule has 14 heavy (non-hydrogen) atoms. The van der Waals surface area contributed by atoms with Gasteiger partial charge in [0.25, 0.3) is 0 Å². The molecule has 0 saturated carbocycles. The van der Waals surface area contributed by atoms with Crippen molar-refractivity contribution in [2.45, 2.75) is 37.9 Å². The van der Waals surface area contributed by atoms with Gasteiger partial charge in [-0.25, -0.2) is 8.42 Å². The first-order chi connectivity index (χ1) is 6.58. The Labute approximate surface area is 86.1 Å². The second kappa shape index (κ2) is 4.34. The van der Waals surface area contributed by atoms with Gasteiger partial charge in [-0.05, 0) is 26.2 Å². The Hall–Kier alpha value is -0.510. The number of allylic oxidation sites excluding steroid dienone is 1. The molecule has 1 unspecified atom stereocenters. The van der Waals surface area contributed by atoms with Crippen LogP contribution in [-0.4, -0.2) is 25.5 Å². The average molecular weight is 218 g/mol. The molecule has 3 nitrogen and oxygen atoms in total. The quantitative estimate of drug-likeness (QED) is 0.388. The summed E-state index contributed by atoms with van der Waals surface area (Å²) in [6.07, 6.45) is 5.75. The predicted octanol–water partition coefficient (Wildman–Crippen LogP) is 1.89. The van der Waals surface area contributed by atoms with Crippen LogP contribution in [0.3, 0.4) is 0 Å². The smallest absolute Gasteiger partial charge is 0.158 e. The van der Waals surface area contributed by atoms with E-state index in [4.69, 9.17) is 4.74 Å². The highest BCUT2D eigenvalue weighted by molar-refractivity contribution is 8.00. The van der Waals surface area contributed by atoms with Gasteiger partial charge in [0.1, 0.15) is 0 Å². The molecule has 0 radical (unpaired) electrons. The van der Waals surface area contributed by atoms with Crippen molar-refractivity contribution in [3.8, 4) is 0 Å². The van der Waals surface area contributed by atoms with Crippen LogP contribution in [0.4, 0.5) is 0 Å². The van der Waals surface area contributed by atoms with Gasteiger partial charge < -0.3 is 4.74 Å². The zero-order valence-corrected chi connectivity index (χ0v) is 9.64. The van der Waals surface area contributed by atoms with Gasteiger partial charge in [-0.2, -0.15) is 0 Å². The van der Waals surface area contributed by atoms with Crippen molar-refractivity contribution in [1.82, 2.24) is 0 Å². The highest BCUT2D eigenvalue weighted by Gasteiger charge is 2.58. The van der Waals surface area contributed by atoms with E-state index in [1.165, 1.54) is 0 Å². The van der Waals surface area contributed by atoms with E-state index in [1.54, 1.807) is 6.26 Å². The van der Waals surface area contributed by atoms with E-state index in [0.717, 1.165) is 19.3 Å². The summed E-state index contributed by atoms with van der Waals surface area (Å²) in [5.41, 5.74) is 0. The van der Waals surface area contributed by atoms with Gasteiger partial charge in [0.2, 0.25) is 0 Å². The molecule has 0 aliphatic carbocycles. The Balaban J connectivity index is 2.25. The molecule has 0 bridgehead atoms. The van der Waals surface area contributed by atoms with Crippen LogP contribution in [0.25, 0.3) is 0 Å². The number of rotatable bonds is 6. The van der Waals surface area contributed by atoms with E-state index in [2.05, 4.69) is 0 Å². The van der Waals surface area contributed by atoms with Crippen LogP contribution in [0.1, 0.15) is 33.1 Å². The molecule has 0 aromatic heterocycles. The van der Waals surface area contributed by atoms with E-state index in [9.17, 15) is 8.42 Å². The van der Waals surface area contributed by atoms with Gasteiger partial charge in [-0.15, -0.1) is 0 Å². The lowest BCUT2D eigenvalue weighted by Crippen LogP contribution is -2.12. The van der Waals surface area contributed by atoms with Crippen molar-refractivity contribution >= 4 is 9.84 Å². The Bertz CT molecular complexity index is 305. The van der Waals surface area contributed by atoms with Crippen molar-refractivity contribution in [2.24, 2.45) is 0 Å². The second-order valence-corrected chi connectivity index (χ2v) is 6.12. The Morgan fingerprint density at radius 2 is 2.14 bits per heavy atom. The molecule has 1 atom stereocenters. The Kier molecular flexibility index (Phi) is 3.59. The lowest BCUT2D eigenvalue weighted by Gasteiger charge is -2.07. The zero-order valence-electron chi connectivity index (χ0n) is 8.82. The molecule has 1 aliphatic heterocycles. The van der Waals surface area contributed by atoms with Crippen LogP contribution >= 0.6 is 0 Å². The first kappa shape index (κ1) is 11.6. The SMILES string of the molecule is C/C=C/OCCCC1(CC)CS1(=O)=O. The first-order valence-electron chi connectivity index (χ1n) is 5.03. The molecular weight excluding hydrogens is 200 g/mol. The van der Waals surface area contributed by atoms with Crippen LogP contribution in [0.5, 0.6) is 0 Å². The molecule has 1 saturated heterocycles. The fourth-order valence-corrected chi connectivity index (χ4v) is 3.85. The van der Waals surface area contributed by atoms with Crippen molar-refractivity contribution in [3.05, 3.63) is 12.3 Å². The van der Waals surface area contributed by atoms with Gasteiger partial charge in [0, 0.05) is 0 Å². The maximum atomic E-state index is 11.3. The summed E-state index contributed by atoms with van der Waals surface area (Å²) in [5, 5.41) is 0. The summed E-state index contributed by atoms with van der Waals surface area (Å²) in [4.78, 5) is 0. The van der Waals surface area contributed by atoms with Crippen molar-refractivity contribution in [3.63, 3.8) is 0 Å². The highest BCUT2D eigenvalue weighted by atomic mass is 32.2. The van der Waals surface area contributed by atoms with E-state index in [1.807, 2.05) is 19.9 Å². The van der Waals surface area contributed by atoms with Gasteiger partial charge in [0.05, 0.1) is 23.4 Å². The summed E-state index contributed by atoms with van der Waals surface area (Å²) < 4.78 is 27.3. The van der Waals surface area contributed by atoms with Gasteiger partial charge in [-0.1, -0.05) is 13.0 Å². The summed E-state index contributed by atoms with van der Waals surface area (Å²) >= 11 is 0. The number of ether oxygens (including phenoxy) is 1. The summed E-state index contributed by atoms with van der Waals surface area (Å²) in [5.74, 6) is 0.375. The fourth-order valence-electron chi connectivity index (χ4n) is 1.69. The molecule has 0 aromatic carbocycles. The Morgan fingerprint density at radius 3 is 2.57 bits per heavy atom. The molecule has 1 rings (SSSR count). The minimum absolute atomic E-state index is 0.375. The van der Waals surface area contributed by atoms with Crippen LogP contribution < -0.4 is 0 Å². The maximum absolute atomic E-state index is 11.3.